The third-order valence-corrected chi connectivity index (χ3v) is 5.80. The zero-order valence-corrected chi connectivity index (χ0v) is 18.7. The monoisotopic (exact) mass is 448 g/mol. The fraction of sp³-hybridized carbons (Fsp3) is 0.217. The maximum Gasteiger partial charge on any atom is 0.281 e. The summed E-state index contributed by atoms with van der Waals surface area (Å²) in [5.41, 5.74) is 2.57. The summed E-state index contributed by atoms with van der Waals surface area (Å²) in [6, 6.07) is 13.4. The van der Waals surface area contributed by atoms with E-state index < -0.39 is 0 Å². The number of likely N-dealkylation sites (N-methyl/N-ethyl adjacent to an activating group) is 1. The molecule has 0 aliphatic rings. The molecule has 1 aromatic carbocycles. The largest absolute Gasteiger partial charge is 0.349 e. The SMILES string of the molecule is CN(C)CCNC(=O)c1cs/c(=N\C(=O)c2c[nH]c3ncccc23)n1Cc1ccccc1. The van der Waals surface area contributed by atoms with Crippen molar-refractivity contribution in [2.45, 2.75) is 6.54 Å². The lowest BCUT2D eigenvalue weighted by atomic mass is 10.2. The van der Waals surface area contributed by atoms with Crippen molar-refractivity contribution in [3.05, 3.63) is 81.9 Å². The van der Waals surface area contributed by atoms with Crippen molar-refractivity contribution >= 4 is 34.2 Å². The number of rotatable bonds is 7. The van der Waals surface area contributed by atoms with Crippen LogP contribution in [0.2, 0.25) is 0 Å². The van der Waals surface area contributed by atoms with Crippen molar-refractivity contribution in [2.75, 3.05) is 27.2 Å². The molecule has 9 heteroatoms. The lowest BCUT2D eigenvalue weighted by Gasteiger charge is -2.12. The molecule has 0 fully saturated rings. The summed E-state index contributed by atoms with van der Waals surface area (Å²) in [7, 11) is 3.91. The predicted octanol–water partition coefficient (Wildman–Crippen LogP) is 2.51. The summed E-state index contributed by atoms with van der Waals surface area (Å²) in [6.07, 6.45) is 3.28. The second-order valence-corrected chi connectivity index (χ2v) is 8.39. The van der Waals surface area contributed by atoms with E-state index in [9.17, 15) is 9.59 Å². The van der Waals surface area contributed by atoms with E-state index in [1.54, 1.807) is 28.4 Å². The van der Waals surface area contributed by atoms with E-state index in [2.05, 4.69) is 20.3 Å². The van der Waals surface area contributed by atoms with E-state index in [0.717, 1.165) is 12.1 Å². The Morgan fingerprint density at radius 3 is 2.78 bits per heavy atom. The molecule has 0 saturated heterocycles. The second kappa shape index (κ2) is 9.71. The first-order chi connectivity index (χ1) is 15.5. The number of benzene rings is 1. The lowest BCUT2D eigenvalue weighted by molar-refractivity contribution is 0.0938. The highest BCUT2D eigenvalue weighted by Gasteiger charge is 2.17. The molecule has 8 nitrogen and oxygen atoms in total. The zero-order chi connectivity index (χ0) is 22.5. The van der Waals surface area contributed by atoms with Gasteiger partial charge in [-0.25, -0.2) is 4.98 Å². The van der Waals surface area contributed by atoms with Crippen LogP contribution in [0, 0.1) is 0 Å². The van der Waals surface area contributed by atoms with Crippen LogP contribution in [0.25, 0.3) is 11.0 Å². The number of aromatic amines is 1. The number of carbonyl (C=O) groups excluding carboxylic acids is 2. The summed E-state index contributed by atoms with van der Waals surface area (Å²) in [6.45, 7) is 1.70. The minimum atomic E-state index is -0.382. The number of amides is 2. The van der Waals surface area contributed by atoms with Crippen molar-refractivity contribution in [2.24, 2.45) is 4.99 Å². The van der Waals surface area contributed by atoms with Crippen molar-refractivity contribution in [3.63, 3.8) is 0 Å². The Balaban J connectivity index is 1.70. The van der Waals surface area contributed by atoms with Gasteiger partial charge in [0, 0.05) is 36.2 Å². The number of hydrogen-bond acceptors (Lipinski definition) is 5. The fourth-order valence-electron chi connectivity index (χ4n) is 3.28. The molecule has 0 saturated carbocycles. The summed E-state index contributed by atoms with van der Waals surface area (Å²) < 4.78 is 1.79. The van der Waals surface area contributed by atoms with Crippen LogP contribution in [0.1, 0.15) is 26.4 Å². The molecule has 4 aromatic rings. The van der Waals surface area contributed by atoms with Crippen LogP contribution in [-0.4, -0.2) is 58.4 Å². The van der Waals surface area contributed by atoms with Gasteiger partial charge in [-0.1, -0.05) is 30.3 Å². The highest BCUT2D eigenvalue weighted by atomic mass is 32.1. The number of nitrogens with zero attached hydrogens (tertiary/aromatic N) is 4. The number of carbonyl (C=O) groups is 2. The molecule has 3 heterocycles. The molecule has 4 rings (SSSR count). The Morgan fingerprint density at radius 1 is 1.19 bits per heavy atom. The van der Waals surface area contributed by atoms with Crippen LogP contribution in [0.3, 0.4) is 0 Å². The number of aromatic nitrogens is 3. The Morgan fingerprint density at radius 2 is 2.00 bits per heavy atom. The number of nitrogens with one attached hydrogen (secondary N) is 2. The van der Waals surface area contributed by atoms with Gasteiger partial charge in [-0.3, -0.25) is 9.59 Å². The van der Waals surface area contributed by atoms with Crippen molar-refractivity contribution in [1.82, 2.24) is 24.8 Å². The lowest BCUT2D eigenvalue weighted by Crippen LogP contribution is -2.34. The number of fused-ring (bicyclic) bond motifs is 1. The van der Waals surface area contributed by atoms with Gasteiger partial charge in [-0.2, -0.15) is 4.99 Å². The van der Waals surface area contributed by atoms with Gasteiger partial charge in [-0.05, 0) is 31.8 Å². The standard InChI is InChI=1S/C23H24N6O2S/c1-28(2)12-11-25-22(31)19-15-32-23(29(19)14-16-7-4-3-5-8-16)27-21(30)18-13-26-20-17(18)9-6-10-24-20/h3-10,13,15H,11-12,14H2,1-2H3,(H,24,26)(H,25,31)/b27-23-. The third-order valence-electron chi connectivity index (χ3n) is 4.94. The zero-order valence-electron chi connectivity index (χ0n) is 17.9. The van der Waals surface area contributed by atoms with Crippen LogP contribution in [0.4, 0.5) is 0 Å². The fourth-order valence-corrected chi connectivity index (χ4v) is 4.16. The molecule has 0 atom stereocenters. The van der Waals surface area contributed by atoms with Gasteiger partial charge < -0.3 is 19.8 Å². The molecule has 0 aliphatic carbocycles. The van der Waals surface area contributed by atoms with Gasteiger partial charge in [0.1, 0.15) is 11.3 Å². The van der Waals surface area contributed by atoms with E-state index in [-0.39, 0.29) is 11.8 Å². The van der Waals surface area contributed by atoms with Crippen LogP contribution in [0.5, 0.6) is 0 Å². The molecule has 2 amide bonds. The minimum Gasteiger partial charge on any atom is -0.349 e. The van der Waals surface area contributed by atoms with Crippen LogP contribution in [0.15, 0.2) is 65.2 Å². The van der Waals surface area contributed by atoms with Gasteiger partial charge in [0.15, 0.2) is 4.80 Å². The average Bonchev–Trinajstić information content (AvgIpc) is 3.39. The van der Waals surface area contributed by atoms with Gasteiger partial charge in [0.2, 0.25) is 0 Å². The topological polar surface area (TPSA) is 95.4 Å². The summed E-state index contributed by atoms with van der Waals surface area (Å²) in [4.78, 5) is 39.9. The maximum absolute atomic E-state index is 13.0. The van der Waals surface area contributed by atoms with Crippen molar-refractivity contribution < 1.29 is 9.59 Å². The van der Waals surface area contributed by atoms with E-state index in [4.69, 9.17) is 0 Å². The first-order valence-corrected chi connectivity index (χ1v) is 11.1. The number of H-pyrrole nitrogens is 1. The quantitative estimate of drug-likeness (QED) is 0.454. The van der Waals surface area contributed by atoms with Gasteiger partial charge in [-0.15, -0.1) is 11.3 Å². The van der Waals surface area contributed by atoms with Gasteiger partial charge >= 0.3 is 0 Å². The smallest absolute Gasteiger partial charge is 0.281 e. The Kier molecular flexibility index (Phi) is 6.58. The third kappa shape index (κ3) is 4.84. The number of hydrogen-bond donors (Lipinski definition) is 2. The highest BCUT2D eigenvalue weighted by Crippen LogP contribution is 2.16. The Hall–Kier alpha value is -3.56. The summed E-state index contributed by atoms with van der Waals surface area (Å²) in [5, 5.41) is 5.40. The van der Waals surface area contributed by atoms with E-state index >= 15 is 0 Å². The molecular formula is C23H24N6O2S. The predicted molar refractivity (Wildman–Crippen MR) is 125 cm³/mol. The molecule has 32 heavy (non-hydrogen) atoms. The molecule has 0 unspecified atom stereocenters. The van der Waals surface area contributed by atoms with Crippen LogP contribution in [-0.2, 0) is 6.54 Å². The Labute approximate surface area is 189 Å². The number of pyridine rings is 1. The first kappa shape index (κ1) is 21.7. The highest BCUT2D eigenvalue weighted by molar-refractivity contribution is 7.07. The second-order valence-electron chi connectivity index (χ2n) is 7.55. The van der Waals surface area contributed by atoms with Gasteiger partial charge in [0.25, 0.3) is 11.8 Å². The molecule has 0 bridgehead atoms. The number of thiazole rings is 1. The van der Waals surface area contributed by atoms with Crippen LogP contribution >= 0.6 is 11.3 Å². The van der Waals surface area contributed by atoms with Crippen LogP contribution < -0.4 is 10.1 Å². The van der Waals surface area contributed by atoms with E-state index in [1.807, 2.05) is 55.4 Å². The van der Waals surface area contributed by atoms with E-state index in [0.29, 0.717) is 40.2 Å². The molecule has 164 valence electrons. The summed E-state index contributed by atoms with van der Waals surface area (Å²) >= 11 is 1.27. The molecule has 2 N–H and O–H groups in total. The molecule has 3 aromatic heterocycles. The minimum absolute atomic E-state index is 0.191. The maximum atomic E-state index is 13.0. The molecule has 0 aliphatic heterocycles. The first-order valence-electron chi connectivity index (χ1n) is 10.2. The van der Waals surface area contributed by atoms with Crippen molar-refractivity contribution in [3.8, 4) is 0 Å². The van der Waals surface area contributed by atoms with Gasteiger partial charge in [0.05, 0.1) is 12.1 Å². The average molecular weight is 449 g/mol. The summed E-state index contributed by atoms with van der Waals surface area (Å²) in [5.74, 6) is -0.572. The molecule has 0 spiro atoms. The van der Waals surface area contributed by atoms with E-state index in [1.165, 1.54) is 11.3 Å². The molecular weight excluding hydrogens is 424 g/mol. The Bertz CT molecular complexity index is 1300. The normalized spacial score (nSPS) is 11.9. The van der Waals surface area contributed by atoms with Crippen molar-refractivity contribution in [1.29, 1.82) is 0 Å². The molecule has 0 radical (unpaired) electrons.